The van der Waals surface area contributed by atoms with Gasteiger partial charge >= 0.3 is 0 Å². The molecule has 0 heterocycles. The highest BCUT2D eigenvalue weighted by Gasteiger charge is 1.75. The van der Waals surface area contributed by atoms with E-state index in [0.717, 1.165) is 12.0 Å². The van der Waals surface area contributed by atoms with Gasteiger partial charge in [-0.2, -0.15) is 0 Å². The highest BCUT2D eigenvalue weighted by atomic mass is 32.2. The molecule has 0 saturated heterocycles. The van der Waals surface area contributed by atoms with Gasteiger partial charge in [0.1, 0.15) is 0 Å². The van der Waals surface area contributed by atoms with Crippen LogP contribution < -0.4 is 0 Å². The second-order valence-electron chi connectivity index (χ2n) is 0.377. The maximum atomic E-state index is 7.34. The van der Waals surface area contributed by atoms with Gasteiger partial charge in [0.2, 0.25) is 0 Å². The molecule has 0 aromatic heterocycles. The van der Waals surface area contributed by atoms with Crippen LogP contribution >= 0.6 is 12.0 Å². The van der Waals surface area contributed by atoms with Gasteiger partial charge in [0, 0.05) is 18.3 Å². The largest absolute Gasteiger partial charge is 0.219 e. The fourth-order valence-corrected chi connectivity index (χ4v) is 0.121. The lowest BCUT2D eigenvalue weighted by Crippen LogP contribution is -1.81. The van der Waals surface area contributed by atoms with Crippen LogP contribution in [0.2, 0.25) is 0 Å². The van der Waals surface area contributed by atoms with Gasteiger partial charge in [-0.3, -0.25) is 0 Å². The molecule has 0 spiro atoms. The molecule has 38 valence electrons. The minimum atomic E-state index is 0.919. The summed E-state index contributed by atoms with van der Waals surface area (Å²) in [6.07, 6.45) is 1.61. The van der Waals surface area contributed by atoms with Crippen molar-refractivity contribution in [3.63, 3.8) is 0 Å². The molecule has 0 bridgehead atoms. The molecule has 0 aliphatic rings. The molecule has 1 N–H and O–H groups in total. The molecule has 0 saturated carbocycles. The zero-order valence-corrected chi connectivity index (χ0v) is 3.90. The highest BCUT2D eigenvalue weighted by molar-refractivity contribution is 7.93. The molecular weight excluding hydrogens is 108 g/mol. The number of hydrogen-bond acceptors (Lipinski definition) is 5. The molecular formula is CH4O4S. The quantitative estimate of drug-likeness (QED) is 0.251. The van der Waals surface area contributed by atoms with Gasteiger partial charge in [0.05, 0.1) is 0 Å². The van der Waals surface area contributed by atoms with E-state index in [2.05, 4.69) is 14.4 Å². The smallest absolute Gasteiger partial charge is 0.0312 e. The molecule has 0 amide bonds. The van der Waals surface area contributed by atoms with E-state index in [4.69, 9.17) is 5.26 Å². The lowest BCUT2D eigenvalue weighted by molar-refractivity contribution is -0.591. The third-order valence-electron chi connectivity index (χ3n) is 0.126. The Bertz CT molecular complexity index is 19.5. The Kier molecular flexibility index (Phi) is 5.35. The fraction of sp³-hybridized carbons (Fsp3) is 1.00. The summed E-state index contributed by atoms with van der Waals surface area (Å²) in [5, 5.41) is 13.9. The average molecular weight is 112 g/mol. The first-order chi connectivity index (χ1) is 2.91. The van der Waals surface area contributed by atoms with Gasteiger partial charge < -0.3 is 0 Å². The first-order valence-electron chi connectivity index (χ1n) is 1.09. The molecule has 0 atom stereocenters. The van der Waals surface area contributed by atoms with E-state index in [1.54, 1.807) is 6.26 Å². The molecule has 0 aromatic rings. The molecule has 6 heavy (non-hydrogen) atoms. The Balaban J connectivity index is 2.34. The normalized spacial score (nSPS) is 9.00. The average Bonchev–Trinajstić information content (AvgIpc) is 1.61. The Hall–Kier alpha value is 0.190. The summed E-state index contributed by atoms with van der Waals surface area (Å²) in [7, 11) is 0. The van der Waals surface area contributed by atoms with E-state index in [-0.39, 0.29) is 0 Å². The van der Waals surface area contributed by atoms with E-state index in [1.807, 2.05) is 0 Å². The Morgan fingerprint density at radius 3 is 2.50 bits per heavy atom. The van der Waals surface area contributed by atoms with Crippen molar-refractivity contribution in [1.82, 2.24) is 0 Å². The Labute approximate surface area is 39.0 Å². The van der Waals surface area contributed by atoms with Crippen LogP contribution in [0.25, 0.3) is 0 Å². The van der Waals surface area contributed by atoms with Gasteiger partial charge in [-0.1, -0.05) is 0 Å². The molecule has 4 nitrogen and oxygen atoms in total. The van der Waals surface area contributed by atoms with Crippen molar-refractivity contribution in [3.05, 3.63) is 0 Å². The van der Waals surface area contributed by atoms with Gasteiger partial charge in [-0.05, 0) is 10.1 Å². The van der Waals surface area contributed by atoms with E-state index in [1.165, 1.54) is 0 Å². The maximum absolute atomic E-state index is 7.34. The molecule has 0 rings (SSSR count). The van der Waals surface area contributed by atoms with Gasteiger partial charge in [0.25, 0.3) is 0 Å². The topological polar surface area (TPSA) is 47.9 Å². The summed E-state index contributed by atoms with van der Waals surface area (Å²) < 4.78 is 3.93. The molecule has 0 fully saturated rings. The van der Waals surface area contributed by atoms with Crippen LogP contribution in [0.15, 0.2) is 0 Å². The van der Waals surface area contributed by atoms with Crippen molar-refractivity contribution in [3.8, 4) is 0 Å². The first kappa shape index (κ1) is 6.19. The van der Waals surface area contributed by atoms with Crippen molar-refractivity contribution < 1.29 is 19.7 Å². The van der Waals surface area contributed by atoms with Crippen molar-refractivity contribution in [1.29, 1.82) is 0 Å². The van der Waals surface area contributed by atoms with Crippen LogP contribution in [0.3, 0.4) is 0 Å². The summed E-state index contributed by atoms with van der Waals surface area (Å²) in [5.41, 5.74) is 0. The predicted octanol–water partition coefficient (Wildman–Crippen LogP) is 0.617. The zero-order chi connectivity index (χ0) is 4.83. The molecule has 5 heteroatoms. The predicted molar refractivity (Wildman–Crippen MR) is 19.4 cm³/mol. The summed E-state index contributed by atoms with van der Waals surface area (Å²) in [6, 6.07) is 0. The van der Waals surface area contributed by atoms with E-state index >= 15 is 0 Å². The summed E-state index contributed by atoms with van der Waals surface area (Å²) in [5.74, 6) is 0. The first-order valence-corrected chi connectivity index (χ1v) is 2.24. The molecule has 0 aliphatic heterocycles. The third-order valence-corrected chi connectivity index (χ3v) is 0.318. The van der Waals surface area contributed by atoms with Crippen LogP contribution in [0, 0.1) is 0 Å². The number of rotatable bonds is 3. The fourth-order valence-electron chi connectivity index (χ4n) is 0.0402. The standard InChI is InChI=1S/CH4O4S/c1-6-5-4-3-2/h2H,1H3. The SMILES string of the molecule is CSOOOO. The molecule has 0 radical (unpaired) electrons. The summed E-state index contributed by atoms with van der Waals surface area (Å²) in [4.78, 5) is 0. The van der Waals surface area contributed by atoms with Crippen molar-refractivity contribution >= 4 is 12.0 Å². The monoisotopic (exact) mass is 112 g/mol. The van der Waals surface area contributed by atoms with Crippen LogP contribution in [0.5, 0.6) is 0 Å². The lowest BCUT2D eigenvalue weighted by Gasteiger charge is -1.86. The van der Waals surface area contributed by atoms with Crippen LogP contribution in [0.4, 0.5) is 0 Å². The van der Waals surface area contributed by atoms with Crippen LogP contribution in [0.1, 0.15) is 0 Å². The highest BCUT2D eigenvalue weighted by Crippen LogP contribution is 1.92. The molecule has 0 unspecified atom stereocenters. The van der Waals surface area contributed by atoms with E-state index < -0.39 is 0 Å². The minimum Gasteiger partial charge on any atom is -0.219 e. The summed E-state index contributed by atoms with van der Waals surface area (Å²) >= 11 is 0.919. The van der Waals surface area contributed by atoms with Gasteiger partial charge in [-0.25, -0.2) is 5.26 Å². The summed E-state index contributed by atoms with van der Waals surface area (Å²) in [6.45, 7) is 0. The van der Waals surface area contributed by atoms with Crippen LogP contribution in [-0.4, -0.2) is 11.5 Å². The maximum Gasteiger partial charge on any atom is 0.0312 e. The lowest BCUT2D eigenvalue weighted by atomic mass is 12.0. The Morgan fingerprint density at radius 1 is 1.67 bits per heavy atom. The second kappa shape index (κ2) is 5.19. The van der Waals surface area contributed by atoms with Crippen molar-refractivity contribution in [2.75, 3.05) is 6.26 Å². The zero-order valence-electron chi connectivity index (χ0n) is 3.08. The van der Waals surface area contributed by atoms with Crippen molar-refractivity contribution in [2.24, 2.45) is 0 Å². The minimum absolute atomic E-state index is 0.919. The molecule has 0 aromatic carbocycles. The molecule has 0 aliphatic carbocycles. The second-order valence-corrected chi connectivity index (χ2v) is 0.847. The van der Waals surface area contributed by atoms with E-state index in [9.17, 15) is 0 Å². The van der Waals surface area contributed by atoms with Crippen molar-refractivity contribution in [2.45, 2.75) is 0 Å². The van der Waals surface area contributed by atoms with E-state index in [0.29, 0.717) is 0 Å². The number of hydrogen-bond donors (Lipinski definition) is 1. The van der Waals surface area contributed by atoms with Gasteiger partial charge in [0.15, 0.2) is 0 Å². The van der Waals surface area contributed by atoms with Gasteiger partial charge in [-0.15, -0.1) is 4.33 Å². The third kappa shape index (κ3) is 4.19. The van der Waals surface area contributed by atoms with Crippen LogP contribution in [-0.2, 0) is 14.4 Å². The Morgan fingerprint density at radius 2 is 2.33 bits per heavy atom.